The van der Waals surface area contributed by atoms with E-state index >= 15 is 0 Å². The number of carbonyl (C=O) groups is 3. The Labute approximate surface area is 190 Å². The van der Waals surface area contributed by atoms with Crippen LogP contribution < -0.4 is 10.2 Å². The fourth-order valence-corrected chi connectivity index (χ4v) is 4.51. The molecule has 2 aliphatic heterocycles. The van der Waals surface area contributed by atoms with E-state index in [0.717, 1.165) is 21.4 Å². The zero-order chi connectivity index (χ0) is 22.0. The minimum absolute atomic E-state index is 0.00369. The minimum Gasteiger partial charge on any atom is -0.342 e. The maximum atomic E-state index is 13.0. The van der Waals surface area contributed by atoms with Crippen molar-refractivity contribution >= 4 is 45.0 Å². The second kappa shape index (κ2) is 9.22. The van der Waals surface area contributed by atoms with E-state index in [4.69, 9.17) is 0 Å². The summed E-state index contributed by atoms with van der Waals surface area (Å²) in [5, 5.41) is 2.96. The molecule has 2 aromatic carbocycles. The van der Waals surface area contributed by atoms with E-state index in [1.54, 1.807) is 4.90 Å². The summed E-state index contributed by atoms with van der Waals surface area (Å²) < 4.78 is 0.962. The Morgan fingerprint density at radius 3 is 2.26 bits per heavy atom. The number of likely N-dealkylation sites (tertiary alicyclic amines) is 1. The second-order valence-electron chi connectivity index (χ2n) is 8.34. The van der Waals surface area contributed by atoms with Crippen molar-refractivity contribution in [2.45, 2.75) is 26.2 Å². The lowest BCUT2D eigenvalue weighted by atomic mass is 9.94. The average Bonchev–Trinajstić information content (AvgIpc) is 3.17. The van der Waals surface area contributed by atoms with E-state index in [0.29, 0.717) is 32.5 Å². The lowest BCUT2D eigenvalue weighted by Gasteiger charge is -2.33. The highest BCUT2D eigenvalue weighted by molar-refractivity contribution is 9.10. The number of nitrogens with zero attached hydrogens (tertiary/aromatic N) is 2. The molecule has 0 bridgehead atoms. The Kier molecular flexibility index (Phi) is 6.41. The molecule has 2 heterocycles. The molecule has 3 amide bonds. The molecule has 2 saturated heterocycles. The van der Waals surface area contributed by atoms with Gasteiger partial charge in [0.25, 0.3) is 0 Å². The van der Waals surface area contributed by atoms with Gasteiger partial charge in [-0.15, -0.1) is 0 Å². The van der Waals surface area contributed by atoms with Gasteiger partial charge in [-0.25, -0.2) is 0 Å². The van der Waals surface area contributed by atoms with Crippen LogP contribution in [0.2, 0.25) is 0 Å². The van der Waals surface area contributed by atoms with Gasteiger partial charge < -0.3 is 15.1 Å². The third-order valence-corrected chi connectivity index (χ3v) is 6.64. The molecular formula is C24H26BrN3O3. The van der Waals surface area contributed by atoms with Crippen LogP contribution in [0.1, 0.15) is 24.8 Å². The zero-order valence-electron chi connectivity index (χ0n) is 17.5. The van der Waals surface area contributed by atoms with Gasteiger partial charge in [0, 0.05) is 47.8 Å². The van der Waals surface area contributed by atoms with Gasteiger partial charge in [0.05, 0.1) is 5.92 Å². The van der Waals surface area contributed by atoms with Gasteiger partial charge >= 0.3 is 0 Å². The summed E-state index contributed by atoms with van der Waals surface area (Å²) in [6.45, 7) is 3.52. The van der Waals surface area contributed by atoms with Gasteiger partial charge in [-0.05, 0) is 56.2 Å². The number of piperidine rings is 1. The summed E-state index contributed by atoms with van der Waals surface area (Å²) in [6.07, 6.45) is 1.52. The van der Waals surface area contributed by atoms with E-state index in [1.165, 1.54) is 0 Å². The number of anilines is 2. The highest BCUT2D eigenvalue weighted by Gasteiger charge is 2.38. The Hall–Kier alpha value is -2.67. The first kappa shape index (κ1) is 21.6. The van der Waals surface area contributed by atoms with Crippen molar-refractivity contribution in [1.29, 1.82) is 0 Å². The van der Waals surface area contributed by atoms with Crippen molar-refractivity contribution in [1.82, 2.24) is 4.90 Å². The molecule has 0 radical (unpaired) electrons. The molecule has 1 atom stereocenters. The van der Waals surface area contributed by atoms with Crippen molar-refractivity contribution in [3.8, 4) is 0 Å². The van der Waals surface area contributed by atoms with Crippen molar-refractivity contribution < 1.29 is 14.4 Å². The molecule has 2 aliphatic rings. The summed E-state index contributed by atoms with van der Waals surface area (Å²) in [5.74, 6) is -0.416. The molecule has 4 rings (SSSR count). The summed E-state index contributed by atoms with van der Waals surface area (Å²) in [4.78, 5) is 41.6. The third-order valence-electron chi connectivity index (χ3n) is 6.11. The molecule has 1 N–H and O–H groups in total. The quantitative estimate of drug-likeness (QED) is 0.714. The fraction of sp³-hybridized carbons (Fsp3) is 0.375. The second-order valence-corrected chi connectivity index (χ2v) is 9.25. The topological polar surface area (TPSA) is 69.7 Å². The number of rotatable bonds is 4. The molecule has 162 valence electrons. The van der Waals surface area contributed by atoms with E-state index in [-0.39, 0.29) is 36.0 Å². The molecule has 2 fully saturated rings. The standard InChI is InChI=1S/C24H26BrN3O3/c1-16-2-8-21(9-3-16)28-15-18(14-22(28)29)24(31)27-12-10-17(11-13-27)23(30)26-20-6-4-19(25)5-7-20/h2-9,17-18H,10-15H2,1H3,(H,26,30)/t18-/m1/s1. The fourth-order valence-electron chi connectivity index (χ4n) is 4.25. The number of benzene rings is 2. The molecule has 6 nitrogen and oxygen atoms in total. The molecule has 7 heteroatoms. The van der Waals surface area contributed by atoms with Crippen LogP contribution >= 0.6 is 15.9 Å². The molecule has 31 heavy (non-hydrogen) atoms. The first-order valence-electron chi connectivity index (χ1n) is 10.6. The maximum absolute atomic E-state index is 13.0. The predicted molar refractivity (Wildman–Crippen MR) is 124 cm³/mol. The predicted octanol–water partition coefficient (Wildman–Crippen LogP) is 3.99. The number of amides is 3. The maximum Gasteiger partial charge on any atom is 0.228 e. The molecule has 2 aromatic rings. The van der Waals surface area contributed by atoms with Crippen molar-refractivity contribution in [3.63, 3.8) is 0 Å². The SMILES string of the molecule is Cc1ccc(N2C[C@H](C(=O)N3CCC(C(=O)Nc4ccc(Br)cc4)CC3)CC2=O)cc1. The van der Waals surface area contributed by atoms with Gasteiger partial charge in [-0.1, -0.05) is 33.6 Å². The Morgan fingerprint density at radius 2 is 1.61 bits per heavy atom. The third kappa shape index (κ3) is 4.98. The van der Waals surface area contributed by atoms with E-state index < -0.39 is 0 Å². The molecule has 0 spiro atoms. The van der Waals surface area contributed by atoms with Crippen molar-refractivity contribution in [3.05, 3.63) is 58.6 Å². The number of aryl methyl sites for hydroxylation is 1. The van der Waals surface area contributed by atoms with Gasteiger partial charge in [0.1, 0.15) is 0 Å². The first-order chi connectivity index (χ1) is 14.9. The molecule has 0 aliphatic carbocycles. The average molecular weight is 484 g/mol. The van der Waals surface area contributed by atoms with Gasteiger partial charge in [-0.3, -0.25) is 14.4 Å². The van der Waals surface area contributed by atoms with Crippen LogP contribution in [0.15, 0.2) is 53.0 Å². The number of hydrogen-bond acceptors (Lipinski definition) is 3. The smallest absolute Gasteiger partial charge is 0.228 e. The Bertz CT molecular complexity index is 967. The van der Waals surface area contributed by atoms with Crippen LogP contribution in [-0.2, 0) is 14.4 Å². The number of carbonyl (C=O) groups excluding carboxylic acids is 3. The number of hydrogen-bond donors (Lipinski definition) is 1. The van der Waals surface area contributed by atoms with Crippen molar-refractivity contribution in [2.75, 3.05) is 29.9 Å². The lowest BCUT2D eigenvalue weighted by Crippen LogP contribution is -2.44. The normalized spacial score (nSPS) is 19.5. The van der Waals surface area contributed by atoms with Gasteiger partial charge in [-0.2, -0.15) is 0 Å². The molecule has 0 aromatic heterocycles. The Morgan fingerprint density at radius 1 is 0.968 bits per heavy atom. The minimum atomic E-state index is -0.318. The number of nitrogens with one attached hydrogen (secondary N) is 1. The van der Waals surface area contributed by atoms with E-state index in [2.05, 4.69) is 21.2 Å². The lowest BCUT2D eigenvalue weighted by molar-refractivity contribution is -0.138. The zero-order valence-corrected chi connectivity index (χ0v) is 19.1. The first-order valence-corrected chi connectivity index (χ1v) is 11.4. The monoisotopic (exact) mass is 483 g/mol. The van der Waals surface area contributed by atoms with Crippen LogP contribution in [0.3, 0.4) is 0 Å². The highest BCUT2D eigenvalue weighted by atomic mass is 79.9. The Balaban J connectivity index is 1.30. The van der Waals surface area contributed by atoms with Crippen molar-refractivity contribution in [2.24, 2.45) is 11.8 Å². The summed E-state index contributed by atoms with van der Waals surface area (Å²) in [5.41, 5.74) is 2.75. The van der Waals surface area contributed by atoms with E-state index in [1.807, 2.05) is 60.4 Å². The van der Waals surface area contributed by atoms with Crippen LogP contribution in [0.4, 0.5) is 11.4 Å². The molecule has 0 unspecified atom stereocenters. The van der Waals surface area contributed by atoms with Crippen LogP contribution in [-0.4, -0.2) is 42.3 Å². The summed E-state index contributed by atoms with van der Waals surface area (Å²) >= 11 is 3.39. The summed E-state index contributed by atoms with van der Waals surface area (Å²) in [7, 11) is 0. The summed E-state index contributed by atoms with van der Waals surface area (Å²) in [6, 6.07) is 15.3. The van der Waals surface area contributed by atoms with Gasteiger partial charge in [0.2, 0.25) is 17.7 Å². The van der Waals surface area contributed by atoms with E-state index in [9.17, 15) is 14.4 Å². The van der Waals surface area contributed by atoms with Crippen LogP contribution in [0, 0.1) is 18.8 Å². The molecular weight excluding hydrogens is 458 g/mol. The van der Waals surface area contributed by atoms with Gasteiger partial charge in [0.15, 0.2) is 0 Å². The van der Waals surface area contributed by atoms with Crippen LogP contribution in [0.25, 0.3) is 0 Å². The molecule has 0 saturated carbocycles. The largest absolute Gasteiger partial charge is 0.342 e. The van der Waals surface area contributed by atoms with Crippen LogP contribution in [0.5, 0.6) is 0 Å². The highest BCUT2D eigenvalue weighted by Crippen LogP contribution is 2.28. The number of halogens is 1.